The van der Waals surface area contributed by atoms with Crippen LogP contribution in [0.1, 0.15) is 26.5 Å². The van der Waals surface area contributed by atoms with Gasteiger partial charge in [0.15, 0.2) is 0 Å². The van der Waals surface area contributed by atoms with Gasteiger partial charge in [-0.25, -0.2) is 4.39 Å². The topological polar surface area (TPSA) is 57.4 Å². The second-order valence-electron chi connectivity index (χ2n) is 6.83. The standard InChI is InChI=1S/C20H22FN3O2S/c1-12-10-17-19(27-12)14(11-24-6-8-26-9-7-24)18(22-17)20(25)23-16-5-3-4-15(21)13(16)2/h3-5,10,22H,6-9,11H2,1-2H3,(H,23,25). The van der Waals surface area contributed by atoms with E-state index in [-0.39, 0.29) is 11.7 Å². The zero-order chi connectivity index (χ0) is 19.0. The fraction of sp³-hybridized carbons (Fsp3) is 0.350. The number of aromatic nitrogens is 1. The van der Waals surface area contributed by atoms with Crippen LogP contribution in [0.15, 0.2) is 24.3 Å². The maximum Gasteiger partial charge on any atom is 0.272 e. The van der Waals surface area contributed by atoms with Gasteiger partial charge in [0.25, 0.3) is 5.91 Å². The number of H-pyrrole nitrogens is 1. The van der Waals surface area contributed by atoms with Crippen molar-refractivity contribution in [3.63, 3.8) is 0 Å². The number of anilines is 1. The van der Waals surface area contributed by atoms with E-state index in [4.69, 9.17) is 4.74 Å². The van der Waals surface area contributed by atoms with Gasteiger partial charge in [0.1, 0.15) is 11.5 Å². The fourth-order valence-electron chi connectivity index (χ4n) is 3.41. The Balaban J connectivity index is 1.67. The molecule has 0 bridgehead atoms. The van der Waals surface area contributed by atoms with Crippen LogP contribution >= 0.6 is 11.3 Å². The van der Waals surface area contributed by atoms with E-state index < -0.39 is 0 Å². The highest BCUT2D eigenvalue weighted by atomic mass is 32.1. The molecule has 0 spiro atoms. The smallest absolute Gasteiger partial charge is 0.272 e. The summed E-state index contributed by atoms with van der Waals surface area (Å²) in [5.41, 5.74) is 3.45. The number of carbonyl (C=O) groups is 1. The lowest BCUT2D eigenvalue weighted by molar-refractivity contribution is 0.0343. The lowest BCUT2D eigenvalue weighted by atomic mass is 10.1. The summed E-state index contributed by atoms with van der Waals surface area (Å²) in [5, 5.41) is 2.86. The van der Waals surface area contributed by atoms with Gasteiger partial charge in [-0.2, -0.15) is 0 Å². The maximum absolute atomic E-state index is 13.8. The first kappa shape index (κ1) is 18.2. The van der Waals surface area contributed by atoms with Crippen LogP contribution in [-0.4, -0.2) is 42.1 Å². The number of amides is 1. The van der Waals surface area contributed by atoms with Crippen molar-refractivity contribution < 1.29 is 13.9 Å². The molecule has 1 aliphatic heterocycles. The number of benzene rings is 1. The minimum Gasteiger partial charge on any atom is -0.379 e. The van der Waals surface area contributed by atoms with E-state index in [1.807, 2.05) is 0 Å². The van der Waals surface area contributed by atoms with Gasteiger partial charge in [0.05, 0.1) is 23.4 Å². The SMILES string of the molecule is Cc1cc2[nH]c(C(=O)Nc3cccc(F)c3C)c(CN3CCOCC3)c2s1. The number of halogens is 1. The first-order valence-corrected chi connectivity index (χ1v) is 9.82. The van der Waals surface area contributed by atoms with E-state index in [0.717, 1.165) is 28.9 Å². The van der Waals surface area contributed by atoms with Crippen LogP contribution < -0.4 is 5.32 Å². The highest BCUT2D eigenvalue weighted by Gasteiger charge is 2.23. The first-order valence-electron chi connectivity index (χ1n) is 9.00. The lowest BCUT2D eigenvalue weighted by Crippen LogP contribution is -2.36. The van der Waals surface area contributed by atoms with Gasteiger partial charge in [-0.3, -0.25) is 9.69 Å². The molecular formula is C20H22FN3O2S. The Bertz CT molecular complexity index is 989. The van der Waals surface area contributed by atoms with Crippen molar-refractivity contribution >= 4 is 33.1 Å². The molecule has 142 valence electrons. The Morgan fingerprint density at radius 2 is 2.11 bits per heavy atom. The average Bonchev–Trinajstić information content (AvgIpc) is 3.17. The van der Waals surface area contributed by atoms with Gasteiger partial charge in [0, 0.05) is 41.3 Å². The molecule has 2 N–H and O–H groups in total. The second-order valence-corrected chi connectivity index (χ2v) is 8.09. The molecule has 1 aliphatic rings. The van der Waals surface area contributed by atoms with Crippen molar-refractivity contribution in [2.45, 2.75) is 20.4 Å². The van der Waals surface area contributed by atoms with Gasteiger partial charge in [0.2, 0.25) is 0 Å². The second kappa shape index (κ2) is 7.42. The molecule has 2 aromatic heterocycles. The molecule has 1 aromatic carbocycles. The third kappa shape index (κ3) is 3.63. The molecule has 0 aliphatic carbocycles. The zero-order valence-corrected chi connectivity index (χ0v) is 16.2. The van der Waals surface area contributed by atoms with Crippen LogP contribution in [0.2, 0.25) is 0 Å². The third-order valence-corrected chi connectivity index (χ3v) is 6.03. The number of carbonyl (C=O) groups excluding carboxylic acids is 1. The summed E-state index contributed by atoms with van der Waals surface area (Å²) in [4.78, 5) is 19.8. The van der Waals surface area contributed by atoms with Gasteiger partial charge < -0.3 is 15.0 Å². The van der Waals surface area contributed by atoms with Crippen LogP contribution in [0, 0.1) is 19.7 Å². The number of fused-ring (bicyclic) bond motifs is 1. The zero-order valence-electron chi connectivity index (χ0n) is 15.4. The normalized spacial score (nSPS) is 15.4. The van der Waals surface area contributed by atoms with E-state index in [1.165, 1.54) is 10.9 Å². The van der Waals surface area contributed by atoms with Crippen LogP contribution in [0.25, 0.3) is 10.2 Å². The van der Waals surface area contributed by atoms with Gasteiger partial charge in [-0.15, -0.1) is 11.3 Å². The van der Waals surface area contributed by atoms with Crippen LogP contribution in [0.3, 0.4) is 0 Å². The van der Waals surface area contributed by atoms with E-state index in [1.54, 1.807) is 30.4 Å². The predicted molar refractivity (Wildman–Crippen MR) is 106 cm³/mol. The maximum atomic E-state index is 13.8. The minimum absolute atomic E-state index is 0.243. The fourth-order valence-corrected chi connectivity index (χ4v) is 4.42. The van der Waals surface area contributed by atoms with Crippen LogP contribution in [0.5, 0.6) is 0 Å². The highest BCUT2D eigenvalue weighted by Crippen LogP contribution is 2.32. The molecule has 0 radical (unpaired) electrons. The average molecular weight is 387 g/mol. The summed E-state index contributed by atoms with van der Waals surface area (Å²) >= 11 is 1.69. The molecule has 3 heterocycles. The summed E-state index contributed by atoms with van der Waals surface area (Å²) in [6, 6.07) is 6.77. The molecule has 0 saturated carbocycles. The number of rotatable bonds is 4. The quantitative estimate of drug-likeness (QED) is 0.710. The molecule has 7 heteroatoms. The third-order valence-electron chi connectivity index (χ3n) is 4.92. The number of ether oxygens (including phenoxy) is 1. The van der Waals surface area contributed by atoms with E-state index in [9.17, 15) is 9.18 Å². The molecule has 0 unspecified atom stereocenters. The number of morpholine rings is 1. The summed E-state index contributed by atoms with van der Waals surface area (Å²) in [6.45, 7) is 7.53. The van der Waals surface area contributed by atoms with Gasteiger partial charge in [-0.05, 0) is 32.0 Å². The molecule has 0 atom stereocenters. The highest BCUT2D eigenvalue weighted by molar-refractivity contribution is 7.19. The van der Waals surface area contributed by atoms with E-state index in [2.05, 4.69) is 28.2 Å². The monoisotopic (exact) mass is 387 g/mol. The van der Waals surface area contributed by atoms with Crippen molar-refractivity contribution in [1.29, 1.82) is 0 Å². The van der Waals surface area contributed by atoms with Gasteiger partial charge in [-0.1, -0.05) is 6.07 Å². The summed E-state index contributed by atoms with van der Waals surface area (Å²) in [7, 11) is 0. The van der Waals surface area contributed by atoms with Crippen LogP contribution in [0.4, 0.5) is 10.1 Å². The van der Waals surface area contributed by atoms with E-state index >= 15 is 0 Å². The molecular weight excluding hydrogens is 365 g/mol. The summed E-state index contributed by atoms with van der Waals surface area (Å²) < 4.78 is 20.3. The minimum atomic E-state index is -0.329. The predicted octanol–water partition coefficient (Wildman–Crippen LogP) is 4.07. The largest absolute Gasteiger partial charge is 0.379 e. The number of hydrogen-bond donors (Lipinski definition) is 2. The number of nitrogens with one attached hydrogen (secondary N) is 2. The molecule has 1 fully saturated rings. The molecule has 4 rings (SSSR count). The molecule has 1 amide bonds. The molecule has 5 nitrogen and oxygen atoms in total. The Kier molecular flexibility index (Phi) is 4.99. The number of nitrogens with zero attached hydrogens (tertiary/aromatic N) is 1. The number of aromatic amines is 1. The Morgan fingerprint density at radius 3 is 2.89 bits per heavy atom. The summed E-state index contributed by atoms with van der Waals surface area (Å²) in [5.74, 6) is -0.572. The van der Waals surface area contributed by atoms with Crippen molar-refractivity contribution in [3.8, 4) is 0 Å². The van der Waals surface area contributed by atoms with Crippen molar-refractivity contribution in [1.82, 2.24) is 9.88 Å². The molecule has 27 heavy (non-hydrogen) atoms. The van der Waals surface area contributed by atoms with E-state index in [0.29, 0.717) is 36.7 Å². The Hall–Kier alpha value is -2.22. The number of thiophene rings is 1. The van der Waals surface area contributed by atoms with Gasteiger partial charge >= 0.3 is 0 Å². The van der Waals surface area contributed by atoms with Crippen molar-refractivity contribution in [2.24, 2.45) is 0 Å². The van der Waals surface area contributed by atoms with Crippen LogP contribution in [-0.2, 0) is 11.3 Å². The van der Waals surface area contributed by atoms with Crippen molar-refractivity contribution in [2.75, 3.05) is 31.6 Å². The Labute approximate surface area is 161 Å². The number of hydrogen-bond acceptors (Lipinski definition) is 4. The summed E-state index contributed by atoms with van der Waals surface area (Å²) in [6.07, 6.45) is 0. The lowest BCUT2D eigenvalue weighted by Gasteiger charge is -2.26. The molecule has 1 saturated heterocycles. The molecule has 3 aromatic rings. The Morgan fingerprint density at radius 1 is 1.33 bits per heavy atom. The van der Waals surface area contributed by atoms with Crippen molar-refractivity contribution in [3.05, 3.63) is 51.8 Å². The number of aryl methyl sites for hydroxylation is 1. The first-order chi connectivity index (χ1) is 13.0.